The lowest BCUT2D eigenvalue weighted by molar-refractivity contribution is 0.0698. The van der Waals surface area contributed by atoms with Crippen LogP contribution in [-0.4, -0.2) is 48.1 Å². The van der Waals surface area contributed by atoms with Crippen LogP contribution < -0.4 is 15.1 Å². The molecule has 0 radical (unpaired) electrons. The molecule has 1 saturated heterocycles. The molecule has 1 aliphatic heterocycles. The Bertz CT molecular complexity index is 1100. The third-order valence-electron chi connectivity index (χ3n) is 5.22. The summed E-state index contributed by atoms with van der Waals surface area (Å²) in [5, 5.41) is 12.2. The summed E-state index contributed by atoms with van der Waals surface area (Å²) < 4.78 is 13.9. The van der Waals surface area contributed by atoms with Gasteiger partial charge in [-0.05, 0) is 42.5 Å². The van der Waals surface area contributed by atoms with E-state index in [0.29, 0.717) is 13.1 Å². The SMILES string of the molecule is O=C(Nc1ccc(N2CCN(c3ccccn3)CC2)cc1C(=O)O)c1ccccc1F. The normalized spacial score (nSPS) is 13.7. The summed E-state index contributed by atoms with van der Waals surface area (Å²) in [6.07, 6.45) is 1.76. The van der Waals surface area contributed by atoms with Crippen molar-refractivity contribution in [2.24, 2.45) is 0 Å². The standard InChI is InChI=1S/C23H21FN4O3/c24-19-6-2-1-5-17(19)22(29)26-20-9-8-16(15-18(20)23(30)31)27-11-13-28(14-12-27)21-7-3-4-10-25-21/h1-10,15H,11-14H2,(H,26,29)(H,30,31). The molecular weight excluding hydrogens is 399 g/mol. The molecule has 4 rings (SSSR count). The number of benzene rings is 2. The molecule has 0 unspecified atom stereocenters. The molecule has 2 aromatic carbocycles. The van der Waals surface area contributed by atoms with E-state index in [1.807, 2.05) is 18.2 Å². The second kappa shape index (κ2) is 8.83. The van der Waals surface area contributed by atoms with E-state index in [1.165, 1.54) is 24.3 Å². The molecule has 1 fully saturated rings. The number of aromatic nitrogens is 1. The fourth-order valence-electron chi connectivity index (χ4n) is 3.58. The van der Waals surface area contributed by atoms with E-state index in [2.05, 4.69) is 20.1 Å². The molecule has 1 aromatic heterocycles. The largest absolute Gasteiger partial charge is 0.478 e. The van der Waals surface area contributed by atoms with Crippen molar-refractivity contribution in [3.05, 3.63) is 83.8 Å². The summed E-state index contributed by atoms with van der Waals surface area (Å²) in [5.74, 6) is -1.62. The predicted molar refractivity (Wildman–Crippen MR) is 116 cm³/mol. The van der Waals surface area contributed by atoms with Crippen LogP contribution in [0.2, 0.25) is 0 Å². The van der Waals surface area contributed by atoms with Crippen molar-refractivity contribution < 1.29 is 19.1 Å². The van der Waals surface area contributed by atoms with Crippen LogP contribution in [0.4, 0.5) is 21.6 Å². The molecule has 0 saturated carbocycles. The minimum absolute atomic E-state index is 0.0469. The number of carbonyl (C=O) groups excluding carboxylic acids is 1. The van der Waals surface area contributed by atoms with Crippen molar-refractivity contribution in [3.63, 3.8) is 0 Å². The molecule has 7 nitrogen and oxygen atoms in total. The quantitative estimate of drug-likeness (QED) is 0.657. The lowest BCUT2D eigenvalue weighted by Crippen LogP contribution is -2.46. The van der Waals surface area contributed by atoms with Gasteiger partial charge in [0.2, 0.25) is 0 Å². The Hall–Kier alpha value is -3.94. The maximum absolute atomic E-state index is 13.9. The average Bonchev–Trinajstić information content (AvgIpc) is 2.80. The topological polar surface area (TPSA) is 85.8 Å². The summed E-state index contributed by atoms with van der Waals surface area (Å²) in [5.41, 5.74) is 0.682. The van der Waals surface area contributed by atoms with Crippen LogP contribution in [0, 0.1) is 5.82 Å². The van der Waals surface area contributed by atoms with Crippen LogP contribution in [0.3, 0.4) is 0 Å². The summed E-state index contributed by atoms with van der Waals surface area (Å²) in [6, 6.07) is 16.2. The highest BCUT2D eigenvalue weighted by atomic mass is 19.1. The van der Waals surface area contributed by atoms with Crippen LogP contribution in [0.5, 0.6) is 0 Å². The summed E-state index contributed by atoms with van der Waals surface area (Å²) in [6.45, 7) is 2.92. The number of hydrogen-bond acceptors (Lipinski definition) is 5. The minimum Gasteiger partial charge on any atom is -0.478 e. The zero-order chi connectivity index (χ0) is 21.8. The number of piperazine rings is 1. The zero-order valence-electron chi connectivity index (χ0n) is 16.7. The molecule has 0 spiro atoms. The number of nitrogens with one attached hydrogen (secondary N) is 1. The molecule has 2 heterocycles. The Labute approximate surface area is 178 Å². The fourth-order valence-corrected chi connectivity index (χ4v) is 3.58. The molecule has 0 atom stereocenters. The number of carbonyl (C=O) groups is 2. The Morgan fingerprint density at radius 2 is 1.61 bits per heavy atom. The van der Waals surface area contributed by atoms with Gasteiger partial charge < -0.3 is 20.2 Å². The van der Waals surface area contributed by atoms with E-state index < -0.39 is 17.7 Å². The molecule has 0 bridgehead atoms. The smallest absolute Gasteiger partial charge is 0.337 e. The summed E-state index contributed by atoms with van der Waals surface area (Å²) >= 11 is 0. The molecule has 1 amide bonds. The minimum atomic E-state index is -1.17. The first-order valence-corrected chi connectivity index (χ1v) is 9.87. The Balaban J connectivity index is 1.50. The van der Waals surface area contributed by atoms with Gasteiger partial charge in [-0.2, -0.15) is 0 Å². The molecule has 3 aromatic rings. The molecular formula is C23H21FN4O3. The van der Waals surface area contributed by atoms with Crippen LogP contribution in [0.15, 0.2) is 66.9 Å². The van der Waals surface area contributed by atoms with Gasteiger partial charge in [0, 0.05) is 38.1 Å². The van der Waals surface area contributed by atoms with Gasteiger partial charge in [0.05, 0.1) is 16.8 Å². The number of pyridine rings is 1. The highest BCUT2D eigenvalue weighted by Gasteiger charge is 2.21. The number of rotatable bonds is 5. The van der Waals surface area contributed by atoms with Crippen molar-refractivity contribution in [2.45, 2.75) is 0 Å². The third kappa shape index (κ3) is 4.48. The third-order valence-corrected chi connectivity index (χ3v) is 5.22. The van der Waals surface area contributed by atoms with Gasteiger partial charge in [0.15, 0.2) is 0 Å². The number of amides is 1. The fraction of sp³-hybridized carbons (Fsp3) is 0.174. The number of halogens is 1. The molecule has 31 heavy (non-hydrogen) atoms. The average molecular weight is 420 g/mol. The first-order chi connectivity index (χ1) is 15.0. The van der Waals surface area contributed by atoms with E-state index in [4.69, 9.17) is 0 Å². The molecule has 2 N–H and O–H groups in total. The first-order valence-electron chi connectivity index (χ1n) is 9.87. The van der Waals surface area contributed by atoms with E-state index >= 15 is 0 Å². The summed E-state index contributed by atoms with van der Waals surface area (Å²) in [4.78, 5) is 32.9. The van der Waals surface area contributed by atoms with Crippen molar-refractivity contribution in [3.8, 4) is 0 Å². The first kappa shape index (κ1) is 20.3. The Kier molecular flexibility index (Phi) is 5.79. The summed E-state index contributed by atoms with van der Waals surface area (Å²) in [7, 11) is 0. The van der Waals surface area contributed by atoms with Gasteiger partial charge in [-0.1, -0.05) is 18.2 Å². The van der Waals surface area contributed by atoms with Crippen LogP contribution in [0.25, 0.3) is 0 Å². The number of carboxylic acids is 1. The molecule has 1 aliphatic rings. The number of hydrogen-bond donors (Lipinski definition) is 2. The van der Waals surface area contributed by atoms with Gasteiger partial charge >= 0.3 is 5.97 Å². The second-order valence-corrected chi connectivity index (χ2v) is 7.13. The Morgan fingerprint density at radius 3 is 2.29 bits per heavy atom. The number of aromatic carboxylic acids is 1. The highest BCUT2D eigenvalue weighted by Crippen LogP contribution is 2.26. The van der Waals surface area contributed by atoms with Gasteiger partial charge in [-0.15, -0.1) is 0 Å². The number of anilines is 3. The maximum atomic E-state index is 13.9. The van der Waals surface area contributed by atoms with E-state index in [1.54, 1.807) is 24.4 Å². The molecule has 8 heteroatoms. The van der Waals surface area contributed by atoms with E-state index in [0.717, 1.165) is 24.6 Å². The van der Waals surface area contributed by atoms with E-state index in [9.17, 15) is 19.1 Å². The second-order valence-electron chi connectivity index (χ2n) is 7.13. The lowest BCUT2D eigenvalue weighted by Gasteiger charge is -2.36. The molecule has 158 valence electrons. The van der Waals surface area contributed by atoms with Crippen molar-refractivity contribution in [1.29, 1.82) is 0 Å². The lowest BCUT2D eigenvalue weighted by atomic mass is 10.1. The Morgan fingerprint density at radius 1 is 0.903 bits per heavy atom. The molecule has 0 aliphatic carbocycles. The van der Waals surface area contributed by atoms with E-state index in [-0.39, 0.29) is 16.8 Å². The van der Waals surface area contributed by atoms with Crippen LogP contribution in [-0.2, 0) is 0 Å². The monoisotopic (exact) mass is 420 g/mol. The van der Waals surface area contributed by atoms with Crippen molar-refractivity contribution in [1.82, 2.24) is 4.98 Å². The van der Waals surface area contributed by atoms with Gasteiger partial charge in [0.25, 0.3) is 5.91 Å². The van der Waals surface area contributed by atoms with Gasteiger partial charge in [0.1, 0.15) is 11.6 Å². The van der Waals surface area contributed by atoms with Crippen LogP contribution in [0.1, 0.15) is 20.7 Å². The number of carboxylic acid groups (broad SMARTS) is 1. The highest BCUT2D eigenvalue weighted by molar-refractivity contribution is 6.08. The zero-order valence-corrected chi connectivity index (χ0v) is 16.7. The van der Waals surface area contributed by atoms with Gasteiger partial charge in [-0.3, -0.25) is 4.79 Å². The van der Waals surface area contributed by atoms with Gasteiger partial charge in [-0.25, -0.2) is 14.2 Å². The number of nitrogens with zero attached hydrogens (tertiary/aromatic N) is 3. The maximum Gasteiger partial charge on any atom is 0.337 e. The van der Waals surface area contributed by atoms with Crippen molar-refractivity contribution in [2.75, 3.05) is 41.3 Å². The van der Waals surface area contributed by atoms with Crippen molar-refractivity contribution >= 4 is 29.1 Å². The predicted octanol–water partition coefficient (Wildman–Crippen LogP) is 3.50. The van der Waals surface area contributed by atoms with Crippen LogP contribution >= 0.6 is 0 Å².